The third-order valence-electron chi connectivity index (χ3n) is 2.47. The summed E-state index contributed by atoms with van der Waals surface area (Å²) in [6.07, 6.45) is 0. The van der Waals surface area contributed by atoms with Crippen molar-refractivity contribution in [3.05, 3.63) is 57.3 Å². The maximum Gasteiger partial charge on any atom is 0.161 e. The molecule has 0 heterocycles. The molecule has 0 aliphatic heterocycles. The van der Waals surface area contributed by atoms with Gasteiger partial charge in [0, 0.05) is 16.3 Å². The third-order valence-corrected chi connectivity index (χ3v) is 3.72. The van der Waals surface area contributed by atoms with E-state index in [9.17, 15) is 4.39 Å². The summed E-state index contributed by atoms with van der Waals surface area (Å²) in [5.41, 5.74) is 7.03. The summed E-state index contributed by atoms with van der Waals surface area (Å²) >= 11 is 13.8. The minimum atomic E-state index is -0.444. The summed E-state index contributed by atoms with van der Waals surface area (Å²) in [7, 11) is 0. The molecule has 0 amide bonds. The average Bonchev–Trinajstić information content (AvgIpc) is 2.37. The van der Waals surface area contributed by atoms with Crippen LogP contribution < -0.4 is 11.1 Å². The van der Waals surface area contributed by atoms with Crippen LogP contribution in [0.5, 0.6) is 0 Å². The summed E-state index contributed by atoms with van der Waals surface area (Å²) in [6.45, 7) is 0. The number of halogens is 3. The number of hydrogen-bond donors (Lipinski definition) is 2. The summed E-state index contributed by atoms with van der Waals surface area (Å²) < 4.78 is 14.4. The molecule has 0 atom stereocenters. The van der Waals surface area contributed by atoms with Crippen molar-refractivity contribution in [2.75, 3.05) is 5.32 Å². The van der Waals surface area contributed by atoms with Crippen LogP contribution in [0.2, 0.25) is 5.02 Å². The maximum absolute atomic E-state index is 14.1. The fraction of sp³-hybridized carbons (Fsp3) is 0. The quantitative estimate of drug-likeness (QED) is 0.785. The Labute approximate surface area is 128 Å². The van der Waals surface area contributed by atoms with Crippen molar-refractivity contribution < 1.29 is 4.39 Å². The topological polar surface area (TPSA) is 38.0 Å². The molecule has 3 N–H and O–H groups in total. The van der Waals surface area contributed by atoms with Crippen LogP contribution in [0.1, 0.15) is 5.56 Å². The highest BCUT2D eigenvalue weighted by Crippen LogP contribution is 2.29. The Kier molecular flexibility index (Phi) is 4.39. The molecule has 0 saturated carbocycles. The van der Waals surface area contributed by atoms with Gasteiger partial charge in [-0.15, -0.1) is 0 Å². The highest BCUT2D eigenvalue weighted by Gasteiger charge is 2.12. The lowest BCUT2D eigenvalue weighted by Crippen LogP contribution is -2.11. The first-order valence-electron chi connectivity index (χ1n) is 5.29. The van der Waals surface area contributed by atoms with Gasteiger partial charge in [0.1, 0.15) is 4.99 Å². The van der Waals surface area contributed by atoms with Gasteiger partial charge in [0.15, 0.2) is 5.82 Å². The van der Waals surface area contributed by atoms with Gasteiger partial charge in [0.2, 0.25) is 0 Å². The van der Waals surface area contributed by atoms with Gasteiger partial charge in [-0.3, -0.25) is 0 Å². The molecule has 0 unspecified atom stereocenters. The van der Waals surface area contributed by atoms with Crippen molar-refractivity contribution >= 4 is 56.1 Å². The number of nitrogens with one attached hydrogen (secondary N) is 1. The molecular weight excluding hydrogens is 351 g/mol. The lowest BCUT2D eigenvalue weighted by molar-refractivity contribution is 0.625. The van der Waals surface area contributed by atoms with Crippen LogP contribution in [-0.2, 0) is 0 Å². The standard InChI is InChI=1S/C13H9BrClFN2S/c14-11-9(13(17)19)5-6-10(12(11)16)18-8-3-1-7(15)2-4-8/h1-6,18H,(H2,17,19). The average molecular weight is 360 g/mol. The zero-order chi connectivity index (χ0) is 14.0. The first-order chi connectivity index (χ1) is 8.99. The van der Waals surface area contributed by atoms with Crippen LogP contribution in [0, 0.1) is 5.82 Å². The van der Waals surface area contributed by atoms with E-state index in [-0.39, 0.29) is 9.46 Å². The molecule has 2 aromatic rings. The molecule has 98 valence electrons. The van der Waals surface area contributed by atoms with Crippen molar-refractivity contribution in [2.45, 2.75) is 0 Å². The molecule has 0 spiro atoms. The molecule has 0 fully saturated rings. The van der Waals surface area contributed by atoms with Gasteiger partial charge in [-0.2, -0.15) is 0 Å². The number of rotatable bonds is 3. The second-order valence-corrected chi connectivity index (χ2v) is 5.45. The molecule has 2 aromatic carbocycles. The van der Waals surface area contributed by atoms with Crippen molar-refractivity contribution in [3.8, 4) is 0 Å². The van der Waals surface area contributed by atoms with E-state index in [0.29, 0.717) is 16.3 Å². The lowest BCUT2D eigenvalue weighted by Gasteiger charge is -2.11. The summed E-state index contributed by atoms with van der Waals surface area (Å²) in [6, 6.07) is 10.2. The van der Waals surface area contributed by atoms with Gasteiger partial charge < -0.3 is 11.1 Å². The molecule has 0 aliphatic carbocycles. The molecule has 0 saturated heterocycles. The highest BCUT2D eigenvalue weighted by atomic mass is 79.9. The second kappa shape index (κ2) is 5.86. The van der Waals surface area contributed by atoms with E-state index in [1.165, 1.54) is 0 Å². The number of nitrogens with two attached hydrogens (primary N) is 1. The third kappa shape index (κ3) is 3.23. The minimum absolute atomic E-state index is 0.142. The summed E-state index contributed by atoms with van der Waals surface area (Å²) in [5, 5.41) is 3.58. The molecule has 2 nitrogen and oxygen atoms in total. The van der Waals surface area contributed by atoms with E-state index in [2.05, 4.69) is 21.2 Å². The lowest BCUT2D eigenvalue weighted by atomic mass is 10.2. The number of anilines is 2. The Bertz CT molecular complexity index is 631. The van der Waals surface area contributed by atoms with Gasteiger partial charge in [0.25, 0.3) is 0 Å². The zero-order valence-electron chi connectivity index (χ0n) is 9.58. The highest BCUT2D eigenvalue weighted by molar-refractivity contribution is 9.10. The van der Waals surface area contributed by atoms with Crippen LogP contribution in [-0.4, -0.2) is 4.99 Å². The normalized spacial score (nSPS) is 10.3. The SMILES string of the molecule is NC(=S)c1ccc(Nc2ccc(Cl)cc2)c(F)c1Br. The van der Waals surface area contributed by atoms with Crippen LogP contribution >= 0.6 is 39.7 Å². The summed E-state index contributed by atoms with van der Waals surface area (Å²) in [4.78, 5) is 0.142. The molecular formula is C13H9BrClFN2S. The van der Waals surface area contributed by atoms with Crippen LogP contribution in [0.3, 0.4) is 0 Å². The predicted molar refractivity (Wildman–Crippen MR) is 84.7 cm³/mol. The number of thiocarbonyl (C=S) groups is 1. The predicted octanol–water partition coefficient (Wildman–Crippen LogP) is 4.62. The van der Waals surface area contributed by atoms with Crippen molar-refractivity contribution in [1.29, 1.82) is 0 Å². The molecule has 2 rings (SSSR count). The van der Waals surface area contributed by atoms with Gasteiger partial charge in [0.05, 0.1) is 10.2 Å². The molecule has 0 aromatic heterocycles. The fourth-order valence-corrected chi connectivity index (χ4v) is 2.51. The van der Waals surface area contributed by atoms with E-state index in [1.807, 2.05) is 0 Å². The Morgan fingerprint density at radius 1 is 1.21 bits per heavy atom. The number of hydrogen-bond acceptors (Lipinski definition) is 2. The Morgan fingerprint density at radius 2 is 1.84 bits per heavy atom. The van der Waals surface area contributed by atoms with Crippen LogP contribution in [0.25, 0.3) is 0 Å². The largest absolute Gasteiger partial charge is 0.389 e. The molecule has 0 aliphatic rings. The minimum Gasteiger partial charge on any atom is -0.389 e. The zero-order valence-corrected chi connectivity index (χ0v) is 12.7. The molecule has 19 heavy (non-hydrogen) atoms. The Balaban J connectivity index is 2.34. The van der Waals surface area contributed by atoms with Crippen LogP contribution in [0.4, 0.5) is 15.8 Å². The number of benzene rings is 2. The van der Waals surface area contributed by atoms with Gasteiger partial charge in [-0.1, -0.05) is 23.8 Å². The van der Waals surface area contributed by atoms with Crippen molar-refractivity contribution in [2.24, 2.45) is 5.73 Å². The molecule has 0 radical (unpaired) electrons. The van der Waals surface area contributed by atoms with E-state index in [1.54, 1.807) is 36.4 Å². The maximum atomic E-state index is 14.1. The van der Waals surface area contributed by atoms with Crippen LogP contribution in [0.15, 0.2) is 40.9 Å². The van der Waals surface area contributed by atoms with E-state index >= 15 is 0 Å². The first kappa shape index (κ1) is 14.2. The monoisotopic (exact) mass is 358 g/mol. The summed E-state index contributed by atoms with van der Waals surface area (Å²) in [5.74, 6) is -0.444. The van der Waals surface area contributed by atoms with E-state index in [4.69, 9.17) is 29.6 Å². The first-order valence-corrected chi connectivity index (χ1v) is 6.87. The molecule has 6 heteroatoms. The molecule has 0 bridgehead atoms. The smallest absolute Gasteiger partial charge is 0.161 e. The Hall–Kier alpha value is -1.17. The van der Waals surface area contributed by atoms with Gasteiger partial charge in [-0.25, -0.2) is 4.39 Å². The van der Waals surface area contributed by atoms with Crippen molar-refractivity contribution in [1.82, 2.24) is 0 Å². The van der Waals surface area contributed by atoms with E-state index in [0.717, 1.165) is 5.69 Å². The van der Waals surface area contributed by atoms with Gasteiger partial charge >= 0.3 is 0 Å². The van der Waals surface area contributed by atoms with Crippen molar-refractivity contribution in [3.63, 3.8) is 0 Å². The fourth-order valence-electron chi connectivity index (χ4n) is 1.53. The Morgan fingerprint density at radius 3 is 2.42 bits per heavy atom. The van der Waals surface area contributed by atoms with Gasteiger partial charge in [-0.05, 0) is 52.3 Å². The van der Waals surface area contributed by atoms with E-state index < -0.39 is 5.82 Å². The second-order valence-electron chi connectivity index (χ2n) is 3.78.